The van der Waals surface area contributed by atoms with Crippen molar-refractivity contribution in [1.29, 1.82) is 0 Å². The molecule has 0 aliphatic heterocycles. The molecule has 10 nitrogen and oxygen atoms in total. The van der Waals surface area contributed by atoms with Gasteiger partial charge in [-0.1, -0.05) is 12.1 Å². The van der Waals surface area contributed by atoms with Crippen LogP contribution in [0, 0.1) is 15.3 Å². The van der Waals surface area contributed by atoms with Gasteiger partial charge >= 0.3 is 0 Å². The van der Waals surface area contributed by atoms with Crippen LogP contribution in [0.4, 0.5) is 5.69 Å². The lowest BCUT2D eigenvalue weighted by atomic mass is 10.0. The minimum atomic E-state index is -0.524. The van der Waals surface area contributed by atoms with Crippen molar-refractivity contribution in [2.75, 3.05) is 0 Å². The Morgan fingerprint density at radius 3 is 2.96 bits per heavy atom. The van der Waals surface area contributed by atoms with Gasteiger partial charge in [0.25, 0.3) is 11.4 Å². The van der Waals surface area contributed by atoms with Crippen molar-refractivity contribution >= 4 is 5.69 Å². The second kappa shape index (κ2) is 4.53. The zero-order chi connectivity index (χ0) is 16.1. The summed E-state index contributed by atoms with van der Waals surface area (Å²) in [4.78, 5) is 15.0. The molecule has 0 fully saturated rings. The quantitative estimate of drug-likeness (QED) is 0.323. The Balaban J connectivity index is 1.89. The molecule has 116 valence electrons. The van der Waals surface area contributed by atoms with Gasteiger partial charge in [0, 0.05) is 35.7 Å². The van der Waals surface area contributed by atoms with Gasteiger partial charge in [0.1, 0.15) is 5.69 Å². The number of nitro groups is 1. The molecule has 0 saturated carbocycles. The molecule has 1 aliphatic carbocycles. The van der Waals surface area contributed by atoms with Crippen molar-refractivity contribution < 1.29 is 19.7 Å². The molecule has 23 heavy (non-hydrogen) atoms. The molecule has 1 aromatic carbocycles. The fourth-order valence-electron chi connectivity index (χ4n) is 2.70. The lowest BCUT2D eigenvalue weighted by molar-refractivity contribution is -0.807. The summed E-state index contributed by atoms with van der Waals surface area (Å²) in [5.41, 5.74) is 1.72. The van der Waals surface area contributed by atoms with Crippen LogP contribution in [0.5, 0.6) is 0 Å². The minimum Gasteiger partial charge on any atom is -0.427 e. The second-order valence-corrected chi connectivity index (χ2v) is 5.08. The largest absolute Gasteiger partial charge is 0.427 e. The van der Waals surface area contributed by atoms with E-state index in [-0.39, 0.29) is 17.2 Å². The average Bonchev–Trinajstić information content (AvgIpc) is 3.09. The lowest BCUT2D eigenvalue weighted by Crippen LogP contribution is -2.29. The van der Waals surface area contributed by atoms with Crippen molar-refractivity contribution in [3.05, 3.63) is 51.0 Å². The molecule has 0 amide bonds. The van der Waals surface area contributed by atoms with Crippen LogP contribution in [0.15, 0.2) is 28.9 Å². The molecule has 0 bridgehead atoms. The molecule has 2 aromatic heterocycles. The number of nitrogens with zero attached hydrogens (tertiary/aromatic N) is 5. The van der Waals surface area contributed by atoms with Crippen LogP contribution in [0.2, 0.25) is 0 Å². The van der Waals surface area contributed by atoms with E-state index in [0.717, 1.165) is 4.73 Å². The van der Waals surface area contributed by atoms with Gasteiger partial charge in [0.2, 0.25) is 5.69 Å². The number of hydrogen-bond acceptors (Lipinski definition) is 7. The molecule has 0 atom stereocenters. The summed E-state index contributed by atoms with van der Waals surface area (Å²) in [5.74, 6) is 0.145. The third kappa shape index (κ3) is 1.84. The average molecular weight is 315 g/mol. The van der Waals surface area contributed by atoms with Crippen molar-refractivity contribution in [1.82, 2.24) is 14.9 Å². The van der Waals surface area contributed by atoms with Crippen LogP contribution >= 0.6 is 0 Å². The maximum Gasteiger partial charge on any atom is 0.271 e. The maximum atomic E-state index is 11.5. The normalized spacial score (nSPS) is 12.7. The van der Waals surface area contributed by atoms with Crippen molar-refractivity contribution in [3.8, 4) is 22.8 Å². The first-order valence-electron chi connectivity index (χ1n) is 6.71. The Hall–Kier alpha value is -3.43. The summed E-state index contributed by atoms with van der Waals surface area (Å²) in [5, 5.41) is 36.4. The molecular formula is C13H9N5O5. The van der Waals surface area contributed by atoms with E-state index in [0.29, 0.717) is 40.4 Å². The summed E-state index contributed by atoms with van der Waals surface area (Å²) in [6, 6.07) is 5.78. The van der Waals surface area contributed by atoms with Crippen LogP contribution in [-0.2, 0) is 12.8 Å². The molecule has 0 unspecified atom stereocenters. The number of imidazole rings is 1. The van der Waals surface area contributed by atoms with Gasteiger partial charge in [-0.15, -0.1) is 0 Å². The molecule has 3 aromatic rings. The van der Waals surface area contributed by atoms with Gasteiger partial charge in [-0.3, -0.25) is 14.7 Å². The molecule has 2 heterocycles. The van der Waals surface area contributed by atoms with E-state index in [4.69, 9.17) is 0 Å². The van der Waals surface area contributed by atoms with Gasteiger partial charge in [-0.2, -0.15) is 4.73 Å². The Bertz CT molecular complexity index is 944. The van der Waals surface area contributed by atoms with Crippen LogP contribution < -0.4 is 4.90 Å². The third-order valence-corrected chi connectivity index (χ3v) is 3.79. The number of non-ortho nitro benzene ring substituents is 1. The summed E-state index contributed by atoms with van der Waals surface area (Å²) in [6.45, 7) is 0. The van der Waals surface area contributed by atoms with E-state index in [1.54, 1.807) is 6.07 Å². The molecule has 1 aliphatic rings. The fraction of sp³-hybridized carbons (Fsp3) is 0.154. The Morgan fingerprint density at radius 1 is 1.35 bits per heavy atom. The number of nitro benzene ring substituents is 1. The Kier molecular flexibility index (Phi) is 2.61. The Labute approximate surface area is 127 Å². The SMILES string of the molecule is O=[N+]([O-])c1cccc(-c2nc3c(n2O)CCc2c-3no[n+]2[O-])c1. The highest BCUT2D eigenvalue weighted by atomic mass is 16.8. The summed E-state index contributed by atoms with van der Waals surface area (Å²) >= 11 is 0. The first-order chi connectivity index (χ1) is 11.1. The van der Waals surface area contributed by atoms with Crippen molar-refractivity contribution in [3.63, 3.8) is 0 Å². The predicted octanol–water partition coefficient (Wildman–Crippen LogP) is 1.08. The zero-order valence-electron chi connectivity index (χ0n) is 11.5. The smallest absolute Gasteiger partial charge is 0.271 e. The van der Waals surface area contributed by atoms with Crippen LogP contribution in [0.3, 0.4) is 0 Å². The zero-order valence-corrected chi connectivity index (χ0v) is 11.5. The van der Waals surface area contributed by atoms with E-state index in [9.17, 15) is 20.5 Å². The lowest BCUT2D eigenvalue weighted by Gasteiger charge is -2.07. The molecule has 0 spiro atoms. The topological polar surface area (TPSA) is 134 Å². The van der Waals surface area contributed by atoms with Gasteiger partial charge in [0.05, 0.1) is 10.6 Å². The first-order valence-corrected chi connectivity index (χ1v) is 6.71. The van der Waals surface area contributed by atoms with Gasteiger partial charge in [-0.25, -0.2) is 4.98 Å². The van der Waals surface area contributed by atoms with Crippen molar-refractivity contribution in [2.45, 2.75) is 12.8 Å². The van der Waals surface area contributed by atoms with Crippen LogP contribution in [0.1, 0.15) is 11.4 Å². The summed E-state index contributed by atoms with van der Waals surface area (Å²) < 4.78 is 5.45. The molecule has 1 N–H and O–H groups in total. The van der Waals surface area contributed by atoms with Crippen LogP contribution in [-0.4, -0.2) is 25.0 Å². The third-order valence-electron chi connectivity index (χ3n) is 3.79. The molecule has 10 heteroatoms. The summed E-state index contributed by atoms with van der Waals surface area (Å²) in [7, 11) is 0. The van der Waals surface area contributed by atoms with E-state index < -0.39 is 4.92 Å². The summed E-state index contributed by atoms with van der Waals surface area (Å²) in [6.07, 6.45) is 0.736. The van der Waals surface area contributed by atoms with E-state index in [1.165, 1.54) is 18.2 Å². The monoisotopic (exact) mass is 315 g/mol. The van der Waals surface area contributed by atoms with E-state index in [1.807, 2.05) is 0 Å². The first kappa shape index (κ1) is 13.2. The molecule has 0 saturated heterocycles. The second-order valence-electron chi connectivity index (χ2n) is 5.08. The number of rotatable bonds is 2. The van der Waals surface area contributed by atoms with Gasteiger partial charge in [-0.05, 0) is 4.90 Å². The molecular weight excluding hydrogens is 306 g/mol. The van der Waals surface area contributed by atoms with Crippen LogP contribution in [0.25, 0.3) is 22.8 Å². The van der Waals surface area contributed by atoms with Gasteiger partial charge < -0.3 is 10.4 Å². The molecule has 0 radical (unpaired) electrons. The fourth-order valence-corrected chi connectivity index (χ4v) is 2.70. The highest BCUT2D eigenvalue weighted by molar-refractivity contribution is 5.68. The minimum absolute atomic E-state index is 0.108. The highest BCUT2D eigenvalue weighted by Crippen LogP contribution is 2.33. The van der Waals surface area contributed by atoms with E-state index in [2.05, 4.69) is 14.8 Å². The number of hydrogen-bond donors (Lipinski definition) is 1. The predicted molar refractivity (Wildman–Crippen MR) is 73.4 cm³/mol. The van der Waals surface area contributed by atoms with E-state index >= 15 is 0 Å². The number of aromatic nitrogens is 4. The number of fused-ring (bicyclic) bond motifs is 3. The highest BCUT2D eigenvalue weighted by Gasteiger charge is 2.34. The molecule has 4 rings (SSSR count). The van der Waals surface area contributed by atoms with Gasteiger partial charge in [0.15, 0.2) is 5.82 Å². The maximum absolute atomic E-state index is 11.5. The van der Waals surface area contributed by atoms with Crippen molar-refractivity contribution in [2.24, 2.45) is 0 Å². The standard InChI is InChI=1S/C13H9N5O5/c19-16-9-4-5-10-12(15-23-18(10)22)11(9)14-13(16)7-2-1-3-8(6-7)17(20)21/h1-3,6,19H,4-5H2. The number of benzene rings is 1. The Morgan fingerprint density at radius 2 is 2.17 bits per heavy atom.